The summed E-state index contributed by atoms with van der Waals surface area (Å²) in [7, 11) is 0. The van der Waals surface area contributed by atoms with Gasteiger partial charge in [0.05, 0.1) is 19.0 Å². The van der Waals surface area contributed by atoms with E-state index in [2.05, 4.69) is 16.7 Å². The zero-order valence-electron chi connectivity index (χ0n) is 13.8. The lowest BCUT2D eigenvalue weighted by Crippen LogP contribution is -2.52. The van der Waals surface area contributed by atoms with Crippen molar-refractivity contribution in [1.29, 1.82) is 0 Å². The van der Waals surface area contributed by atoms with Crippen LogP contribution in [-0.4, -0.2) is 60.6 Å². The van der Waals surface area contributed by atoms with Gasteiger partial charge in [-0.3, -0.25) is 9.69 Å². The highest BCUT2D eigenvalue weighted by atomic mass is 16.5. The SMILES string of the molecule is CC1CN(C2CCN(C(=O)C3CC3c3ccco3)CC2)CCO1. The number of rotatable bonds is 3. The Bertz CT molecular complexity index is 536. The molecule has 3 heterocycles. The van der Waals surface area contributed by atoms with E-state index in [9.17, 15) is 4.79 Å². The summed E-state index contributed by atoms with van der Waals surface area (Å²) in [6, 6.07) is 4.51. The van der Waals surface area contributed by atoms with Gasteiger partial charge in [-0.25, -0.2) is 0 Å². The predicted molar refractivity (Wildman–Crippen MR) is 86.1 cm³/mol. The first-order valence-electron chi connectivity index (χ1n) is 8.90. The summed E-state index contributed by atoms with van der Waals surface area (Å²) in [4.78, 5) is 17.3. The average molecular weight is 318 g/mol. The second kappa shape index (κ2) is 6.29. The normalized spacial score (nSPS) is 32.9. The van der Waals surface area contributed by atoms with Gasteiger partial charge in [-0.05, 0) is 38.3 Å². The molecule has 0 spiro atoms. The second-order valence-corrected chi connectivity index (χ2v) is 7.20. The summed E-state index contributed by atoms with van der Waals surface area (Å²) in [6.45, 7) is 6.85. The molecule has 5 nitrogen and oxygen atoms in total. The van der Waals surface area contributed by atoms with E-state index in [1.807, 2.05) is 12.1 Å². The van der Waals surface area contributed by atoms with Gasteiger partial charge in [0, 0.05) is 44.1 Å². The summed E-state index contributed by atoms with van der Waals surface area (Å²) in [5, 5.41) is 0. The molecule has 23 heavy (non-hydrogen) atoms. The minimum atomic E-state index is 0.154. The van der Waals surface area contributed by atoms with Crippen molar-refractivity contribution in [3.63, 3.8) is 0 Å². The molecule has 2 saturated heterocycles. The number of carbonyl (C=O) groups excluding carboxylic acids is 1. The molecular weight excluding hydrogens is 292 g/mol. The van der Waals surface area contributed by atoms with Crippen molar-refractivity contribution in [1.82, 2.24) is 9.80 Å². The summed E-state index contributed by atoms with van der Waals surface area (Å²) >= 11 is 0. The van der Waals surface area contributed by atoms with E-state index in [1.165, 1.54) is 0 Å². The van der Waals surface area contributed by atoms with Crippen molar-refractivity contribution in [3.8, 4) is 0 Å². The lowest BCUT2D eigenvalue weighted by atomic mass is 10.0. The second-order valence-electron chi connectivity index (χ2n) is 7.20. The van der Waals surface area contributed by atoms with Crippen LogP contribution in [0.5, 0.6) is 0 Å². The fourth-order valence-electron chi connectivity index (χ4n) is 4.15. The summed E-state index contributed by atoms with van der Waals surface area (Å²) in [5.41, 5.74) is 0. The van der Waals surface area contributed by atoms with Crippen molar-refractivity contribution < 1.29 is 13.9 Å². The molecule has 4 rings (SSSR count). The van der Waals surface area contributed by atoms with Crippen LogP contribution in [0.4, 0.5) is 0 Å². The number of furan rings is 1. The lowest BCUT2D eigenvalue weighted by molar-refractivity contribution is -0.134. The van der Waals surface area contributed by atoms with E-state index in [-0.39, 0.29) is 5.92 Å². The maximum Gasteiger partial charge on any atom is 0.226 e. The Balaban J connectivity index is 1.27. The number of piperidine rings is 1. The zero-order chi connectivity index (χ0) is 15.8. The van der Waals surface area contributed by atoms with Crippen LogP contribution in [0.25, 0.3) is 0 Å². The molecule has 0 bridgehead atoms. The number of ether oxygens (including phenoxy) is 1. The van der Waals surface area contributed by atoms with Crippen LogP contribution in [0.2, 0.25) is 0 Å². The standard InChI is InChI=1S/C18H26N2O3/c1-13-12-20(8-10-22-13)14-4-6-19(7-5-14)18(21)16-11-15(16)17-3-2-9-23-17/h2-3,9,13-16H,4-8,10-12H2,1H3. The molecule has 1 aromatic heterocycles. The van der Waals surface area contributed by atoms with E-state index in [0.717, 1.165) is 57.8 Å². The number of hydrogen-bond donors (Lipinski definition) is 0. The Morgan fingerprint density at radius 2 is 2.09 bits per heavy atom. The fraction of sp³-hybridized carbons (Fsp3) is 0.722. The minimum Gasteiger partial charge on any atom is -0.469 e. The third kappa shape index (κ3) is 3.17. The van der Waals surface area contributed by atoms with Gasteiger partial charge in [-0.15, -0.1) is 0 Å². The van der Waals surface area contributed by atoms with Crippen LogP contribution < -0.4 is 0 Å². The van der Waals surface area contributed by atoms with Crippen LogP contribution in [0, 0.1) is 5.92 Å². The smallest absolute Gasteiger partial charge is 0.226 e. The first-order chi connectivity index (χ1) is 11.2. The highest BCUT2D eigenvalue weighted by molar-refractivity contribution is 5.83. The van der Waals surface area contributed by atoms with Gasteiger partial charge in [0.15, 0.2) is 0 Å². The van der Waals surface area contributed by atoms with Crippen LogP contribution >= 0.6 is 0 Å². The van der Waals surface area contributed by atoms with Gasteiger partial charge in [-0.1, -0.05) is 0 Å². The molecule has 3 fully saturated rings. The van der Waals surface area contributed by atoms with E-state index in [0.29, 0.717) is 24.0 Å². The van der Waals surface area contributed by atoms with Crippen LogP contribution in [0.3, 0.4) is 0 Å². The third-order valence-corrected chi connectivity index (χ3v) is 5.58. The molecule has 0 radical (unpaired) electrons. The van der Waals surface area contributed by atoms with Crippen molar-refractivity contribution in [2.45, 2.75) is 44.2 Å². The molecule has 3 aliphatic rings. The van der Waals surface area contributed by atoms with Gasteiger partial charge in [0.1, 0.15) is 5.76 Å². The van der Waals surface area contributed by atoms with Gasteiger partial charge in [0.2, 0.25) is 5.91 Å². The minimum absolute atomic E-state index is 0.154. The number of likely N-dealkylation sites (tertiary alicyclic amines) is 1. The van der Waals surface area contributed by atoms with Crippen molar-refractivity contribution in [3.05, 3.63) is 24.2 Å². The number of carbonyl (C=O) groups is 1. The quantitative estimate of drug-likeness (QED) is 0.856. The van der Waals surface area contributed by atoms with Crippen molar-refractivity contribution in [2.75, 3.05) is 32.8 Å². The Labute approximate surface area is 137 Å². The Kier molecular flexibility index (Phi) is 4.16. The van der Waals surface area contributed by atoms with Crippen molar-refractivity contribution in [2.24, 2.45) is 5.92 Å². The lowest BCUT2D eigenvalue weighted by Gasteiger charge is -2.41. The van der Waals surface area contributed by atoms with E-state index >= 15 is 0 Å². The third-order valence-electron chi connectivity index (χ3n) is 5.58. The molecule has 3 unspecified atom stereocenters. The number of amides is 1. The highest BCUT2D eigenvalue weighted by Crippen LogP contribution is 2.48. The molecule has 2 aliphatic heterocycles. The summed E-state index contributed by atoms with van der Waals surface area (Å²) < 4.78 is 11.1. The van der Waals surface area contributed by atoms with Crippen molar-refractivity contribution >= 4 is 5.91 Å². The Morgan fingerprint density at radius 1 is 1.26 bits per heavy atom. The molecule has 1 aromatic rings. The molecule has 1 amide bonds. The van der Waals surface area contributed by atoms with E-state index in [1.54, 1.807) is 6.26 Å². The number of morpholine rings is 1. The Morgan fingerprint density at radius 3 is 2.78 bits per heavy atom. The van der Waals surface area contributed by atoms with E-state index < -0.39 is 0 Å². The van der Waals surface area contributed by atoms with Gasteiger partial charge >= 0.3 is 0 Å². The van der Waals surface area contributed by atoms with Crippen LogP contribution in [0.1, 0.15) is 37.9 Å². The fourth-order valence-corrected chi connectivity index (χ4v) is 4.15. The van der Waals surface area contributed by atoms with Gasteiger partial charge < -0.3 is 14.1 Å². The van der Waals surface area contributed by atoms with Gasteiger partial charge in [-0.2, -0.15) is 0 Å². The molecule has 0 aromatic carbocycles. The maximum atomic E-state index is 12.7. The predicted octanol–water partition coefficient (Wildman–Crippen LogP) is 2.09. The number of nitrogens with zero attached hydrogens (tertiary/aromatic N) is 2. The molecule has 1 aliphatic carbocycles. The molecule has 0 N–H and O–H groups in total. The molecule has 5 heteroatoms. The molecule has 1 saturated carbocycles. The Hall–Kier alpha value is -1.33. The van der Waals surface area contributed by atoms with Crippen LogP contribution in [-0.2, 0) is 9.53 Å². The molecule has 126 valence electrons. The summed E-state index contributed by atoms with van der Waals surface area (Å²) in [6.07, 6.45) is 5.17. The zero-order valence-corrected chi connectivity index (χ0v) is 13.8. The van der Waals surface area contributed by atoms with Gasteiger partial charge in [0.25, 0.3) is 0 Å². The topological polar surface area (TPSA) is 45.9 Å². The largest absolute Gasteiger partial charge is 0.469 e. The molecule has 3 atom stereocenters. The summed E-state index contributed by atoms with van der Waals surface area (Å²) in [5.74, 6) is 1.78. The average Bonchev–Trinajstić information content (AvgIpc) is 3.19. The monoisotopic (exact) mass is 318 g/mol. The van der Waals surface area contributed by atoms with Crippen LogP contribution in [0.15, 0.2) is 22.8 Å². The number of hydrogen-bond acceptors (Lipinski definition) is 4. The maximum absolute atomic E-state index is 12.7. The molecular formula is C18H26N2O3. The first kappa shape index (κ1) is 15.2. The van der Waals surface area contributed by atoms with E-state index in [4.69, 9.17) is 9.15 Å². The first-order valence-corrected chi connectivity index (χ1v) is 8.90. The highest BCUT2D eigenvalue weighted by Gasteiger charge is 2.48.